The van der Waals surface area contributed by atoms with Crippen LogP contribution in [0.5, 0.6) is 5.75 Å². The molecule has 0 amide bonds. The summed E-state index contributed by atoms with van der Waals surface area (Å²) in [4.78, 5) is 6.67. The molecule has 1 aromatic rings. The number of aromatic nitrogens is 1. The van der Waals surface area contributed by atoms with Gasteiger partial charge in [0, 0.05) is 37.1 Å². The average molecular weight is 261 g/mol. The highest BCUT2D eigenvalue weighted by Gasteiger charge is 2.20. The zero-order valence-corrected chi connectivity index (χ0v) is 11.5. The zero-order chi connectivity index (χ0) is 12.9. The molecular weight excluding hydrogens is 238 g/mol. The number of nitrogens with zero attached hydrogens (tertiary/aromatic N) is 2. The predicted molar refractivity (Wildman–Crippen MR) is 75.3 cm³/mol. The lowest BCUT2D eigenvalue weighted by Gasteiger charge is -2.16. The first-order chi connectivity index (χ1) is 9.42. The first kappa shape index (κ1) is 12.9. The molecule has 2 fully saturated rings. The Morgan fingerprint density at radius 2 is 2.16 bits per heavy atom. The van der Waals surface area contributed by atoms with Gasteiger partial charge in [-0.1, -0.05) is 0 Å². The number of nitrogens with one attached hydrogen (secondary N) is 1. The Labute approximate surface area is 115 Å². The molecule has 2 heterocycles. The number of pyridine rings is 1. The van der Waals surface area contributed by atoms with E-state index >= 15 is 0 Å². The van der Waals surface area contributed by atoms with Crippen molar-refractivity contribution in [2.24, 2.45) is 0 Å². The molecule has 1 saturated carbocycles. The standard InChI is InChI=1S/C15H23N3O/c1-2-8-18(7-1)9-10-19-15-5-6-16-11-13(15)12-17-14-3-4-14/h5-6,11,14,17H,1-4,7-10,12H2. The molecule has 0 bridgehead atoms. The fraction of sp³-hybridized carbons (Fsp3) is 0.667. The van der Waals surface area contributed by atoms with Crippen LogP contribution in [0.15, 0.2) is 18.5 Å². The van der Waals surface area contributed by atoms with Crippen LogP contribution in [0.2, 0.25) is 0 Å². The highest BCUT2D eigenvalue weighted by Crippen LogP contribution is 2.22. The molecule has 0 atom stereocenters. The van der Waals surface area contributed by atoms with Crippen molar-refractivity contribution in [2.45, 2.75) is 38.3 Å². The lowest BCUT2D eigenvalue weighted by Crippen LogP contribution is -2.25. The van der Waals surface area contributed by atoms with E-state index in [-0.39, 0.29) is 0 Å². The molecule has 2 aliphatic rings. The van der Waals surface area contributed by atoms with E-state index in [1.165, 1.54) is 44.3 Å². The molecule has 1 aromatic heterocycles. The number of likely N-dealkylation sites (tertiary alicyclic amines) is 1. The highest BCUT2D eigenvalue weighted by atomic mass is 16.5. The normalized spacial score (nSPS) is 19.8. The summed E-state index contributed by atoms with van der Waals surface area (Å²) >= 11 is 0. The maximum absolute atomic E-state index is 5.93. The molecule has 1 N–H and O–H groups in total. The topological polar surface area (TPSA) is 37.4 Å². The zero-order valence-electron chi connectivity index (χ0n) is 11.5. The lowest BCUT2D eigenvalue weighted by atomic mass is 10.2. The molecule has 0 aromatic carbocycles. The molecule has 1 aliphatic heterocycles. The Balaban J connectivity index is 1.47. The number of hydrogen-bond acceptors (Lipinski definition) is 4. The second-order valence-electron chi connectivity index (χ2n) is 5.54. The molecule has 4 nitrogen and oxygen atoms in total. The third-order valence-corrected chi connectivity index (χ3v) is 3.88. The number of rotatable bonds is 7. The van der Waals surface area contributed by atoms with Crippen molar-refractivity contribution in [3.8, 4) is 5.75 Å². The van der Waals surface area contributed by atoms with Crippen LogP contribution in [0.4, 0.5) is 0 Å². The molecule has 4 heteroatoms. The van der Waals surface area contributed by atoms with Crippen molar-refractivity contribution in [2.75, 3.05) is 26.2 Å². The van der Waals surface area contributed by atoms with E-state index in [1.807, 2.05) is 18.5 Å². The van der Waals surface area contributed by atoms with Gasteiger partial charge in [-0.15, -0.1) is 0 Å². The van der Waals surface area contributed by atoms with Crippen molar-refractivity contribution in [1.29, 1.82) is 0 Å². The Morgan fingerprint density at radius 1 is 1.32 bits per heavy atom. The maximum atomic E-state index is 5.93. The van der Waals surface area contributed by atoms with E-state index in [0.717, 1.165) is 31.5 Å². The minimum atomic E-state index is 0.720. The smallest absolute Gasteiger partial charge is 0.126 e. The fourth-order valence-corrected chi connectivity index (χ4v) is 2.52. The minimum absolute atomic E-state index is 0.720. The van der Waals surface area contributed by atoms with Gasteiger partial charge in [0.05, 0.1) is 0 Å². The van der Waals surface area contributed by atoms with Gasteiger partial charge in [-0.3, -0.25) is 9.88 Å². The van der Waals surface area contributed by atoms with Gasteiger partial charge < -0.3 is 10.1 Å². The fourth-order valence-electron chi connectivity index (χ4n) is 2.52. The summed E-state index contributed by atoms with van der Waals surface area (Å²) in [6.45, 7) is 5.15. The van der Waals surface area contributed by atoms with Gasteiger partial charge >= 0.3 is 0 Å². The molecular formula is C15H23N3O. The molecule has 3 rings (SSSR count). The third-order valence-electron chi connectivity index (χ3n) is 3.88. The van der Waals surface area contributed by atoms with Crippen LogP contribution in [-0.2, 0) is 6.54 Å². The first-order valence-electron chi connectivity index (χ1n) is 7.43. The third kappa shape index (κ3) is 3.91. The van der Waals surface area contributed by atoms with Gasteiger partial charge in [-0.2, -0.15) is 0 Å². The van der Waals surface area contributed by atoms with E-state index in [2.05, 4.69) is 15.2 Å². The number of hydrogen-bond donors (Lipinski definition) is 1. The first-order valence-corrected chi connectivity index (χ1v) is 7.43. The van der Waals surface area contributed by atoms with Crippen LogP contribution < -0.4 is 10.1 Å². The van der Waals surface area contributed by atoms with E-state index in [4.69, 9.17) is 4.74 Å². The Bertz CT molecular complexity index is 400. The largest absolute Gasteiger partial charge is 0.492 e. The summed E-state index contributed by atoms with van der Waals surface area (Å²) in [6.07, 6.45) is 9.03. The minimum Gasteiger partial charge on any atom is -0.492 e. The quantitative estimate of drug-likeness (QED) is 0.812. The van der Waals surface area contributed by atoms with Gasteiger partial charge in [0.2, 0.25) is 0 Å². The van der Waals surface area contributed by atoms with Gasteiger partial charge in [-0.25, -0.2) is 0 Å². The maximum Gasteiger partial charge on any atom is 0.126 e. The Morgan fingerprint density at radius 3 is 2.95 bits per heavy atom. The predicted octanol–water partition coefficient (Wildman–Crippen LogP) is 1.81. The summed E-state index contributed by atoms with van der Waals surface area (Å²) in [7, 11) is 0. The average Bonchev–Trinajstić information content (AvgIpc) is 3.13. The van der Waals surface area contributed by atoms with Crippen molar-refractivity contribution >= 4 is 0 Å². The molecule has 19 heavy (non-hydrogen) atoms. The summed E-state index contributed by atoms with van der Waals surface area (Å²) in [5.41, 5.74) is 1.18. The monoisotopic (exact) mass is 261 g/mol. The second-order valence-corrected chi connectivity index (χ2v) is 5.54. The van der Waals surface area contributed by atoms with E-state index in [1.54, 1.807) is 0 Å². The van der Waals surface area contributed by atoms with Crippen LogP contribution in [0, 0.1) is 0 Å². The van der Waals surface area contributed by atoms with E-state index in [9.17, 15) is 0 Å². The number of ether oxygens (including phenoxy) is 1. The summed E-state index contributed by atoms with van der Waals surface area (Å²) in [6, 6.07) is 2.70. The van der Waals surface area contributed by atoms with Crippen molar-refractivity contribution in [3.05, 3.63) is 24.0 Å². The molecule has 1 saturated heterocycles. The lowest BCUT2D eigenvalue weighted by molar-refractivity contribution is 0.236. The van der Waals surface area contributed by atoms with Crippen LogP contribution in [0.1, 0.15) is 31.2 Å². The SMILES string of the molecule is c1cc(OCCN2CCCC2)c(CNC2CC2)cn1. The summed E-state index contributed by atoms with van der Waals surface area (Å²) in [5.74, 6) is 0.988. The van der Waals surface area contributed by atoms with Gasteiger partial charge in [0.25, 0.3) is 0 Å². The molecule has 0 radical (unpaired) electrons. The van der Waals surface area contributed by atoms with E-state index < -0.39 is 0 Å². The second kappa shape index (κ2) is 6.35. The van der Waals surface area contributed by atoms with Crippen molar-refractivity contribution in [3.63, 3.8) is 0 Å². The van der Waals surface area contributed by atoms with Crippen LogP contribution in [-0.4, -0.2) is 42.2 Å². The van der Waals surface area contributed by atoms with E-state index in [0.29, 0.717) is 0 Å². The van der Waals surface area contributed by atoms with Gasteiger partial charge in [0.15, 0.2) is 0 Å². The summed E-state index contributed by atoms with van der Waals surface area (Å²) in [5, 5.41) is 3.51. The van der Waals surface area contributed by atoms with Crippen LogP contribution in [0.3, 0.4) is 0 Å². The van der Waals surface area contributed by atoms with Crippen molar-refractivity contribution in [1.82, 2.24) is 15.2 Å². The van der Waals surface area contributed by atoms with Crippen LogP contribution in [0.25, 0.3) is 0 Å². The van der Waals surface area contributed by atoms with Gasteiger partial charge in [-0.05, 0) is 44.8 Å². The van der Waals surface area contributed by atoms with Crippen molar-refractivity contribution < 1.29 is 4.74 Å². The molecule has 1 aliphatic carbocycles. The Hall–Kier alpha value is -1.13. The van der Waals surface area contributed by atoms with Crippen LogP contribution >= 0.6 is 0 Å². The summed E-state index contributed by atoms with van der Waals surface area (Å²) < 4.78 is 5.93. The highest BCUT2D eigenvalue weighted by molar-refractivity contribution is 5.30. The molecule has 0 spiro atoms. The van der Waals surface area contributed by atoms with Gasteiger partial charge in [0.1, 0.15) is 12.4 Å². The molecule has 104 valence electrons. The molecule has 0 unspecified atom stereocenters. The Kier molecular flexibility index (Phi) is 4.30.